The zero-order valence-corrected chi connectivity index (χ0v) is 8.45. The van der Waals surface area contributed by atoms with Gasteiger partial charge in [-0.1, -0.05) is 0 Å². The minimum absolute atomic E-state index is 0.224. The van der Waals surface area contributed by atoms with Crippen molar-refractivity contribution in [2.24, 2.45) is 0 Å². The number of ketones is 1. The smallest absolute Gasteiger partial charge is 0.150 e. The fourth-order valence-electron chi connectivity index (χ4n) is 2.10. The van der Waals surface area contributed by atoms with Crippen molar-refractivity contribution < 1.29 is 4.79 Å². The first-order chi connectivity index (χ1) is 6.70. The largest absolute Gasteiger partial charge is 0.307 e. The Labute approximate surface area is 83.5 Å². The summed E-state index contributed by atoms with van der Waals surface area (Å²) in [4.78, 5) is 15.4. The highest BCUT2D eigenvalue weighted by Gasteiger charge is 2.57. The van der Waals surface area contributed by atoms with Crippen molar-refractivity contribution in [1.29, 1.82) is 0 Å². The van der Waals surface area contributed by atoms with E-state index in [0.717, 1.165) is 6.42 Å². The molecule has 1 N–H and O–H groups in total. The molecule has 1 heterocycles. The topological polar surface area (TPSA) is 42.0 Å². The van der Waals surface area contributed by atoms with E-state index in [1.807, 2.05) is 19.2 Å². The van der Waals surface area contributed by atoms with E-state index in [0.29, 0.717) is 5.92 Å². The van der Waals surface area contributed by atoms with Gasteiger partial charge in [0.1, 0.15) is 5.78 Å². The van der Waals surface area contributed by atoms with Gasteiger partial charge in [-0.3, -0.25) is 9.78 Å². The zero-order valence-electron chi connectivity index (χ0n) is 8.45. The standard InChI is InChI=1S/C11H14N2O/c1-8(14)11(12-2)7-10(11)9-3-5-13-6-4-9/h3-6,10,12H,7H2,1-2H3/t10-,11?/m0/s1. The monoisotopic (exact) mass is 190 g/mol. The Morgan fingerprint density at radius 3 is 2.64 bits per heavy atom. The molecule has 0 bridgehead atoms. The maximum atomic E-state index is 11.5. The molecule has 3 heteroatoms. The number of rotatable bonds is 3. The lowest BCUT2D eigenvalue weighted by Gasteiger charge is -2.12. The van der Waals surface area contributed by atoms with Gasteiger partial charge in [-0.05, 0) is 38.1 Å². The molecule has 14 heavy (non-hydrogen) atoms. The lowest BCUT2D eigenvalue weighted by Crippen LogP contribution is -2.36. The molecule has 0 aliphatic heterocycles. The summed E-state index contributed by atoms with van der Waals surface area (Å²) in [5.41, 5.74) is 0.894. The highest BCUT2D eigenvalue weighted by Crippen LogP contribution is 2.51. The van der Waals surface area contributed by atoms with Gasteiger partial charge in [0.05, 0.1) is 5.54 Å². The number of pyridine rings is 1. The van der Waals surface area contributed by atoms with Crippen LogP contribution in [0.4, 0.5) is 0 Å². The van der Waals surface area contributed by atoms with E-state index in [9.17, 15) is 4.79 Å². The van der Waals surface area contributed by atoms with Crippen LogP contribution in [-0.2, 0) is 4.79 Å². The van der Waals surface area contributed by atoms with Gasteiger partial charge in [0, 0.05) is 18.3 Å². The third-order valence-corrected chi connectivity index (χ3v) is 3.14. The predicted octanol–water partition coefficient (Wildman–Crippen LogP) is 1.12. The number of nitrogens with zero attached hydrogens (tertiary/aromatic N) is 1. The van der Waals surface area contributed by atoms with E-state index >= 15 is 0 Å². The Morgan fingerprint density at radius 2 is 2.21 bits per heavy atom. The van der Waals surface area contributed by atoms with Crippen molar-refractivity contribution in [2.75, 3.05) is 7.05 Å². The van der Waals surface area contributed by atoms with Crippen LogP contribution in [0.1, 0.15) is 24.8 Å². The van der Waals surface area contributed by atoms with Gasteiger partial charge in [0.2, 0.25) is 0 Å². The maximum absolute atomic E-state index is 11.5. The summed E-state index contributed by atoms with van der Waals surface area (Å²) in [6.07, 6.45) is 4.45. The van der Waals surface area contributed by atoms with E-state index in [-0.39, 0.29) is 11.3 Å². The summed E-state index contributed by atoms with van der Waals surface area (Å²) in [6.45, 7) is 1.65. The summed E-state index contributed by atoms with van der Waals surface area (Å²) in [7, 11) is 1.85. The number of carbonyl (C=O) groups excluding carboxylic acids is 1. The number of hydrogen-bond donors (Lipinski definition) is 1. The van der Waals surface area contributed by atoms with Gasteiger partial charge < -0.3 is 5.32 Å². The van der Waals surface area contributed by atoms with Crippen LogP contribution in [0, 0.1) is 0 Å². The Balaban J connectivity index is 2.22. The molecule has 0 spiro atoms. The number of likely N-dealkylation sites (N-methyl/N-ethyl adjacent to an activating group) is 1. The van der Waals surface area contributed by atoms with Gasteiger partial charge in [0.25, 0.3) is 0 Å². The molecule has 1 aliphatic rings. The van der Waals surface area contributed by atoms with Gasteiger partial charge in [-0.2, -0.15) is 0 Å². The highest BCUT2D eigenvalue weighted by atomic mass is 16.1. The van der Waals surface area contributed by atoms with Crippen molar-refractivity contribution in [3.8, 4) is 0 Å². The highest BCUT2D eigenvalue weighted by molar-refractivity contribution is 5.91. The van der Waals surface area contributed by atoms with Crippen LogP contribution in [0.3, 0.4) is 0 Å². The Hall–Kier alpha value is -1.22. The van der Waals surface area contributed by atoms with Crippen LogP contribution < -0.4 is 5.32 Å². The average Bonchev–Trinajstić information content (AvgIpc) is 2.95. The van der Waals surface area contributed by atoms with Gasteiger partial charge >= 0.3 is 0 Å². The first kappa shape index (κ1) is 9.34. The number of nitrogens with one attached hydrogen (secondary N) is 1. The maximum Gasteiger partial charge on any atom is 0.150 e. The van der Waals surface area contributed by atoms with Crippen molar-refractivity contribution in [1.82, 2.24) is 10.3 Å². The van der Waals surface area contributed by atoms with E-state index < -0.39 is 0 Å². The number of carbonyl (C=O) groups is 1. The molecule has 0 aromatic carbocycles. The predicted molar refractivity (Wildman–Crippen MR) is 54.1 cm³/mol. The molecule has 0 saturated heterocycles. The summed E-state index contributed by atoms with van der Waals surface area (Å²) in [5.74, 6) is 0.551. The van der Waals surface area contributed by atoms with Gasteiger partial charge in [0.15, 0.2) is 0 Å². The second kappa shape index (κ2) is 3.17. The average molecular weight is 190 g/mol. The minimum Gasteiger partial charge on any atom is -0.307 e. The third-order valence-electron chi connectivity index (χ3n) is 3.14. The molecular formula is C11H14N2O. The number of aromatic nitrogens is 1. The number of Topliss-reactive ketones (excluding diaryl/α,β-unsaturated/α-hetero) is 1. The van der Waals surface area contributed by atoms with Gasteiger partial charge in [-0.25, -0.2) is 0 Å². The molecule has 2 atom stereocenters. The van der Waals surface area contributed by atoms with Crippen LogP contribution >= 0.6 is 0 Å². The molecular weight excluding hydrogens is 176 g/mol. The van der Waals surface area contributed by atoms with E-state index in [1.165, 1.54) is 5.56 Å². The second-order valence-electron chi connectivity index (χ2n) is 3.81. The Bertz CT molecular complexity index is 350. The van der Waals surface area contributed by atoms with Crippen molar-refractivity contribution >= 4 is 5.78 Å². The third kappa shape index (κ3) is 1.24. The Kier molecular flexibility index (Phi) is 2.11. The zero-order chi connectivity index (χ0) is 10.2. The van der Waals surface area contributed by atoms with Crippen LogP contribution in [0.25, 0.3) is 0 Å². The fourth-order valence-corrected chi connectivity index (χ4v) is 2.10. The second-order valence-corrected chi connectivity index (χ2v) is 3.81. The molecule has 1 unspecified atom stereocenters. The molecule has 0 amide bonds. The number of hydrogen-bond acceptors (Lipinski definition) is 3. The van der Waals surface area contributed by atoms with Crippen LogP contribution in [-0.4, -0.2) is 23.4 Å². The van der Waals surface area contributed by atoms with Crippen LogP contribution in [0.5, 0.6) is 0 Å². The Morgan fingerprint density at radius 1 is 1.57 bits per heavy atom. The van der Waals surface area contributed by atoms with E-state index in [2.05, 4.69) is 10.3 Å². The fraction of sp³-hybridized carbons (Fsp3) is 0.455. The molecule has 1 aromatic heterocycles. The normalized spacial score (nSPS) is 30.0. The summed E-state index contributed by atoms with van der Waals surface area (Å²) in [6, 6.07) is 3.96. The summed E-state index contributed by atoms with van der Waals surface area (Å²) < 4.78 is 0. The first-order valence-corrected chi connectivity index (χ1v) is 4.80. The molecule has 1 saturated carbocycles. The summed E-state index contributed by atoms with van der Waals surface area (Å²) >= 11 is 0. The molecule has 1 fully saturated rings. The summed E-state index contributed by atoms with van der Waals surface area (Å²) in [5, 5.41) is 3.13. The minimum atomic E-state index is -0.304. The molecule has 3 nitrogen and oxygen atoms in total. The van der Waals surface area contributed by atoms with Crippen molar-refractivity contribution in [3.05, 3.63) is 30.1 Å². The van der Waals surface area contributed by atoms with E-state index in [4.69, 9.17) is 0 Å². The first-order valence-electron chi connectivity index (χ1n) is 4.80. The molecule has 1 aromatic rings. The van der Waals surface area contributed by atoms with Gasteiger partial charge in [-0.15, -0.1) is 0 Å². The van der Waals surface area contributed by atoms with Crippen LogP contribution in [0.15, 0.2) is 24.5 Å². The lowest BCUT2D eigenvalue weighted by atomic mass is 10.0. The molecule has 0 radical (unpaired) electrons. The van der Waals surface area contributed by atoms with E-state index in [1.54, 1.807) is 19.3 Å². The quantitative estimate of drug-likeness (QED) is 0.776. The van der Waals surface area contributed by atoms with Crippen molar-refractivity contribution in [2.45, 2.75) is 24.8 Å². The van der Waals surface area contributed by atoms with Crippen LogP contribution in [0.2, 0.25) is 0 Å². The lowest BCUT2D eigenvalue weighted by molar-refractivity contribution is -0.119. The SMILES string of the molecule is CNC1(C(C)=O)C[C@H]1c1ccncc1. The molecule has 74 valence electrons. The molecule has 1 aliphatic carbocycles. The van der Waals surface area contributed by atoms with Crippen molar-refractivity contribution in [3.63, 3.8) is 0 Å². The molecule has 2 rings (SSSR count).